The molecule has 0 aliphatic rings. The van der Waals surface area contributed by atoms with E-state index in [9.17, 15) is 0 Å². The fraction of sp³-hybridized carbons (Fsp3) is 0. The predicted octanol–water partition coefficient (Wildman–Crippen LogP) is 13.9. The third-order valence-electron chi connectivity index (χ3n) is 11.1. The fourth-order valence-electron chi connectivity index (χ4n) is 8.43. The average molecular weight is 747 g/mol. The summed E-state index contributed by atoms with van der Waals surface area (Å²) in [6.07, 6.45) is 0. The van der Waals surface area contributed by atoms with Crippen LogP contribution in [0.4, 0.5) is 0 Å². The molecule has 57 heavy (non-hydrogen) atoms. The standard InChI is InChI=1S/C51H30N4OS/c1-3-14-31(15-4-1)41-29-34(55-43-23-10-7-18-35(43)36-19-8-11-24-44(36)55)30-42-37-27-26-33(28-45(37)56-47(41)42)50-52-49(32-16-5-2-6-17-32)53-51(54-50)40-22-13-21-39-38-20-9-12-25-46(38)57-48(39)40/h1-30H. The van der Waals surface area contributed by atoms with Crippen molar-refractivity contribution in [3.63, 3.8) is 0 Å². The molecule has 0 aliphatic carbocycles. The van der Waals surface area contributed by atoms with Crippen molar-refractivity contribution in [2.24, 2.45) is 0 Å². The Kier molecular flexibility index (Phi) is 7.03. The van der Waals surface area contributed by atoms with Gasteiger partial charge in [-0.1, -0.05) is 133 Å². The molecule has 0 atom stereocenters. The van der Waals surface area contributed by atoms with Crippen LogP contribution in [0, 0.1) is 0 Å². The highest BCUT2D eigenvalue weighted by atomic mass is 32.1. The molecular formula is C51H30N4OS. The van der Waals surface area contributed by atoms with Crippen molar-refractivity contribution >= 4 is 75.3 Å². The molecule has 0 saturated carbocycles. The van der Waals surface area contributed by atoms with Crippen molar-refractivity contribution in [1.82, 2.24) is 19.5 Å². The first-order chi connectivity index (χ1) is 28.2. The lowest BCUT2D eigenvalue weighted by Crippen LogP contribution is -2.00. The molecule has 0 unspecified atom stereocenters. The van der Waals surface area contributed by atoms with Crippen LogP contribution in [0.1, 0.15) is 0 Å². The highest BCUT2D eigenvalue weighted by molar-refractivity contribution is 7.26. The highest BCUT2D eigenvalue weighted by Gasteiger charge is 2.21. The molecule has 0 amide bonds. The number of thiophene rings is 1. The summed E-state index contributed by atoms with van der Waals surface area (Å²) < 4.78 is 11.7. The highest BCUT2D eigenvalue weighted by Crippen LogP contribution is 2.43. The maximum atomic E-state index is 6.89. The van der Waals surface area contributed by atoms with Gasteiger partial charge in [0.15, 0.2) is 17.5 Å². The van der Waals surface area contributed by atoms with Gasteiger partial charge in [0.1, 0.15) is 11.2 Å². The molecule has 5 nitrogen and oxygen atoms in total. The third kappa shape index (κ3) is 5.04. The van der Waals surface area contributed by atoms with Gasteiger partial charge < -0.3 is 8.98 Å². The second kappa shape index (κ2) is 12.6. The Hall–Kier alpha value is -7.41. The van der Waals surface area contributed by atoms with Crippen LogP contribution < -0.4 is 0 Å². The van der Waals surface area contributed by atoms with Gasteiger partial charge in [-0.25, -0.2) is 15.0 Å². The van der Waals surface area contributed by atoms with E-state index in [1.807, 2.05) is 30.3 Å². The van der Waals surface area contributed by atoms with Crippen LogP contribution in [0.5, 0.6) is 0 Å². The van der Waals surface area contributed by atoms with Crippen molar-refractivity contribution in [3.05, 3.63) is 182 Å². The fourth-order valence-corrected chi connectivity index (χ4v) is 9.64. The minimum Gasteiger partial charge on any atom is -0.455 e. The lowest BCUT2D eigenvalue weighted by atomic mass is 10.0. The molecule has 6 heteroatoms. The van der Waals surface area contributed by atoms with Crippen LogP contribution in [0.25, 0.3) is 115 Å². The number of furan rings is 1. The van der Waals surface area contributed by atoms with E-state index in [4.69, 9.17) is 19.4 Å². The van der Waals surface area contributed by atoms with E-state index in [0.717, 1.165) is 60.1 Å². The molecule has 0 saturated heterocycles. The molecule has 0 N–H and O–H groups in total. The van der Waals surface area contributed by atoms with Crippen molar-refractivity contribution in [1.29, 1.82) is 0 Å². The Morgan fingerprint density at radius 2 is 1.02 bits per heavy atom. The van der Waals surface area contributed by atoms with Gasteiger partial charge in [-0.05, 0) is 54.1 Å². The topological polar surface area (TPSA) is 56.7 Å². The predicted molar refractivity (Wildman–Crippen MR) is 236 cm³/mol. The average Bonchev–Trinajstić information content (AvgIpc) is 3.96. The monoisotopic (exact) mass is 746 g/mol. The van der Waals surface area contributed by atoms with E-state index >= 15 is 0 Å². The Morgan fingerprint density at radius 3 is 1.77 bits per heavy atom. The summed E-state index contributed by atoms with van der Waals surface area (Å²) in [4.78, 5) is 15.4. The lowest BCUT2D eigenvalue weighted by Gasteiger charge is -2.11. The Morgan fingerprint density at radius 1 is 0.404 bits per heavy atom. The van der Waals surface area contributed by atoms with Crippen LogP contribution in [-0.2, 0) is 0 Å². The second-order valence-corrected chi connectivity index (χ2v) is 15.4. The van der Waals surface area contributed by atoms with Gasteiger partial charge in [0.25, 0.3) is 0 Å². The van der Waals surface area contributed by atoms with E-state index in [0.29, 0.717) is 17.5 Å². The summed E-state index contributed by atoms with van der Waals surface area (Å²) in [6.45, 7) is 0. The molecule has 0 aliphatic heterocycles. The Bertz CT molecular complexity index is 3470. The third-order valence-corrected chi connectivity index (χ3v) is 12.3. The zero-order valence-electron chi connectivity index (χ0n) is 30.4. The number of para-hydroxylation sites is 2. The number of benzene rings is 8. The minimum absolute atomic E-state index is 0.591. The number of rotatable bonds is 5. The molecule has 0 bridgehead atoms. The zero-order valence-corrected chi connectivity index (χ0v) is 31.2. The SMILES string of the molecule is c1ccc(-c2nc(-c3ccc4c(c3)oc3c(-c5ccccc5)cc(-n5c6ccccc6c6ccccc65)cc34)nc(-c3cccc4c3sc3ccccc34)n2)cc1. The normalized spacial score (nSPS) is 11.9. The molecule has 266 valence electrons. The summed E-state index contributed by atoms with van der Waals surface area (Å²) in [5.74, 6) is 1.86. The number of fused-ring (bicyclic) bond motifs is 9. The van der Waals surface area contributed by atoms with Gasteiger partial charge in [-0.15, -0.1) is 11.3 Å². The van der Waals surface area contributed by atoms with Gasteiger partial charge in [0, 0.05) is 69.7 Å². The van der Waals surface area contributed by atoms with Crippen LogP contribution in [-0.4, -0.2) is 19.5 Å². The Labute approximate surface area is 330 Å². The summed E-state index contributed by atoms with van der Waals surface area (Å²) in [5, 5.41) is 6.98. The molecule has 0 spiro atoms. The molecular weight excluding hydrogens is 717 g/mol. The van der Waals surface area contributed by atoms with E-state index < -0.39 is 0 Å². The summed E-state index contributed by atoms with van der Waals surface area (Å²) in [6, 6.07) is 63.8. The largest absolute Gasteiger partial charge is 0.455 e. The van der Waals surface area contributed by atoms with Crippen LogP contribution in [0.3, 0.4) is 0 Å². The van der Waals surface area contributed by atoms with Crippen LogP contribution >= 0.6 is 11.3 Å². The van der Waals surface area contributed by atoms with Gasteiger partial charge in [0.05, 0.1) is 11.0 Å². The molecule has 4 aromatic heterocycles. The number of nitrogens with zero attached hydrogens (tertiary/aromatic N) is 4. The first kappa shape index (κ1) is 31.9. The van der Waals surface area contributed by atoms with Gasteiger partial charge in [0.2, 0.25) is 0 Å². The molecule has 0 radical (unpaired) electrons. The van der Waals surface area contributed by atoms with Crippen molar-refractivity contribution in [3.8, 4) is 51.0 Å². The molecule has 4 heterocycles. The number of hydrogen-bond donors (Lipinski definition) is 0. The number of aromatic nitrogens is 4. The van der Waals surface area contributed by atoms with Crippen LogP contribution in [0.15, 0.2) is 186 Å². The van der Waals surface area contributed by atoms with Crippen LogP contribution in [0.2, 0.25) is 0 Å². The smallest absolute Gasteiger partial charge is 0.165 e. The molecule has 12 rings (SSSR count). The van der Waals surface area contributed by atoms with Crippen molar-refractivity contribution < 1.29 is 4.42 Å². The molecule has 8 aromatic carbocycles. The first-order valence-corrected chi connectivity index (χ1v) is 19.8. The van der Waals surface area contributed by atoms with Gasteiger partial charge >= 0.3 is 0 Å². The Balaban J connectivity index is 1.08. The summed E-state index contributed by atoms with van der Waals surface area (Å²) in [5.41, 5.74) is 9.93. The lowest BCUT2D eigenvalue weighted by molar-refractivity contribution is 0.670. The minimum atomic E-state index is 0.591. The molecule has 12 aromatic rings. The zero-order chi connectivity index (χ0) is 37.5. The maximum absolute atomic E-state index is 6.89. The van der Waals surface area contributed by atoms with Gasteiger partial charge in [-0.3, -0.25) is 0 Å². The van der Waals surface area contributed by atoms with Crippen molar-refractivity contribution in [2.75, 3.05) is 0 Å². The van der Waals surface area contributed by atoms with Gasteiger partial charge in [-0.2, -0.15) is 0 Å². The van der Waals surface area contributed by atoms with E-state index in [-0.39, 0.29) is 0 Å². The molecule has 0 fully saturated rings. The summed E-state index contributed by atoms with van der Waals surface area (Å²) in [7, 11) is 0. The maximum Gasteiger partial charge on any atom is 0.165 e. The quantitative estimate of drug-likeness (QED) is 0.176. The first-order valence-electron chi connectivity index (χ1n) is 19.0. The van der Waals surface area contributed by atoms with Crippen molar-refractivity contribution in [2.45, 2.75) is 0 Å². The summed E-state index contributed by atoms with van der Waals surface area (Å²) >= 11 is 1.77. The van der Waals surface area contributed by atoms with E-state index in [2.05, 4.69) is 156 Å². The second-order valence-electron chi connectivity index (χ2n) is 14.4. The van der Waals surface area contributed by atoms with E-state index in [1.54, 1.807) is 11.3 Å². The van der Waals surface area contributed by atoms with E-state index in [1.165, 1.54) is 37.3 Å². The number of hydrogen-bond acceptors (Lipinski definition) is 5.